The molecule has 2 aromatic carbocycles. The van der Waals surface area contributed by atoms with Crippen molar-refractivity contribution in [2.75, 3.05) is 5.32 Å². The Labute approximate surface area is 136 Å². The Balaban J connectivity index is 1.74. The van der Waals surface area contributed by atoms with E-state index in [1.807, 2.05) is 23.7 Å². The number of nitrogens with zero attached hydrogens (tertiary/aromatic N) is 1. The van der Waals surface area contributed by atoms with Crippen LogP contribution in [0.5, 0.6) is 0 Å². The third-order valence-corrected chi connectivity index (χ3v) is 5.30. The van der Waals surface area contributed by atoms with Crippen LogP contribution in [0.2, 0.25) is 10.0 Å². The van der Waals surface area contributed by atoms with Crippen LogP contribution in [-0.2, 0) is 6.42 Å². The van der Waals surface area contributed by atoms with Gasteiger partial charge in [0.15, 0.2) is 0 Å². The quantitative estimate of drug-likeness (QED) is 0.649. The minimum absolute atomic E-state index is 0.266. The number of anilines is 1. The van der Waals surface area contributed by atoms with Gasteiger partial charge in [0.2, 0.25) is 0 Å². The van der Waals surface area contributed by atoms with Crippen molar-refractivity contribution in [3.63, 3.8) is 0 Å². The highest BCUT2D eigenvalue weighted by Crippen LogP contribution is 2.39. The van der Waals surface area contributed by atoms with E-state index in [9.17, 15) is 0 Å². The Hall–Kier alpha value is -1.29. The third-order valence-electron chi connectivity index (χ3n) is 3.95. The zero-order valence-electron chi connectivity index (χ0n) is 11.1. The van der Waals surface area contributed by atoms with Gasteiger partial charge in [-0.05, 0) is 48.2 Å². The molecule has 0 aliphatic heterocycles. The van der Waals surface area contributed by atoms with Gasteiger partial charge in [-0.1, -0.05) is 29.3 Å². The number of benzene rings is 2. The third kappa shape index (κ3) is 2.30. The standard InChI is InChI=1S/C16H12Cl2N2S/c17-10-2-3-11-9(7-10)1-5-13(11)20-15-12(18)4-6-14-16(15)19-8-21-14/h2-4,6-8,13,20H,1,5H2. The summed E-state index contributed by atoms with van der Waals surface area (Å²) in [5.41, 5.74) is 6.37. The highest BCUT2D eigenvalue weighted by Gasteiger charge is 2.24. The summed E-state index contributed by atoms with van der Waals surface area (Å²) < 4.78 is 1.15. The molecule has 0 saturated heterocycles. The molecule has 1 aliphatic rings. The molecule has 0 bridgehead atoms. The zero-order valence-corrected chi connectivity index (χ0v) is 13.4. The smallest absolute Gasteiger partial charge is 0.106 e. The van der Waals surface area contributed by atoms with Gasteiger partial charge in [0, 0.05) is 5.02 Å². The number of nitrogens with one attached hydrogen (secondary N) is 1. The van der Waals surface area contributed by atoms with E-state index in [4.69, 9.17) is 23.2 Å². The average Bonchev–Trinajstić information content (AvgIpc) is 3.08. The molecular formula is C16H12Cl2N2S. The van der Waals surface area contributed by atoms with Gasteiger partial charge in [-0.2, -0.15) is 0 Å². The Bertz CT molecular complexity index is 828. The lowest BCUT2D eigenvalue weighted by atomic mass is 10.1. The van der Waals surface area contributed by atoms with Gasteiger partial charge in [-0.15, -0.1) is 11.3 Å². The largest absolute Gasteiger partial charge is 0.375 e. The van der Waals surface area contributed by atoms with Crippen molar-refractivity contribution in [3.05, 3.63) is 57.0 Å². The average molecular weight is 335 g/mol. The molecule has 0 amide bonds. The van der Waals surface area contributed by atoms with Crippen molar-refractivity contribution >= 4 is 50.4 Å². The second-order valence-corrected chi connectivity index (χ2v) is 6.93. The van der Waals surface area contributed by atoms with E-state index in [-0.39, 0.29) is 6.04 Å². The lowest BCUT2D eigenvalue weighted by Gasteiger charge is -2.17. The van der Waals surface area contributed by atoms with Crippen LogP contribution in [0.15, 0.2) is 35.8 Å². The Kier molecular flexibility index (Phi) is 3.29. The number of hydrogen-bond donors (Lipinski definition) is 1. The Morgan fingerprint density at radius 1 is 1.19 bits per heavy atom. The minimum Gasteiger partial charge on any atom is -0.375 e. The van der Waals surface area contributed by atoms with E-state index in [1.165, 1.54) is 11.1 Å². The number of fused-ring (bicyclic) bond motifs is 2. The first kappa shape index (κ1) is 13.4. The fourth-order valence-corrected chi connectivity index (χ4v) is 4.04. The topological polar surface area (TPSA) is 24.9 Å². The Morgan fingerprint density at radius 3 is 3.00 bits per heavy atom. The summed E-state index contributed by atoms with van der Waals surface area (Å²) in [5.74, 6) is 0. The highest BCUT2D eigenvalue weighted by molar-refractivity contribution is 7.16. The van der Waals surface area contributed by atoms with Crippen LogP contribution < -0.4 is 5.32 Å². The molecule has 1 heterocycles. The van der Waals surface area contributed by atoms with Crippen molar-refractivity contribution < 1.29 is 0 Å². The van der Waals surface area contributed by atoms with Crippen LogP contribution in [-0.4, -0.2) is 4.98 Å². The number of aryl methyl sites for hydroxylation is 1. The molecular weight excluding hydrogens is 323 g/mol. The molecule has 0 spiro atoms. The minimum atomic E-state index is 0.266. The molecule has 1 aliphatic carbocycles. The second-order valence-electron chi connectivity index (χ2n) is 5.20. The van der Waals surface area contributed by atoms with Gasteiger partial charge in [-0.3, -0.25) is 0 Å². The summed E-state index contributed by atoms with van der Waals surface area (Å²) in [7, 11) is 0. The predicted octanol–water partition coefficient (Wildman–Crippen LogP) is 5.70. The van der Waals surface area contributed by atoms with Crippen molar-refractivity contribution in [2.45, 2.75) is 18.9 Å². The number of halogens is 2. The zero-order chi connectivity index (χ0) is 14.4. The molecule has 1 aromatic heterocycles. The molecule has 4 rings (SSSR count). The maximum atomic E-state index is 6.37. The number of hydrogen-bond acceptors (Lipinski definition) is 3. The van der Waals surface area contributed by atoms with Crippen LogP contribution in [0.25, 0.3) is 10.2 Å². The van der Waals surface area contributed by atoms with E-state index in [2.05, 4.69) is 22.4 Å². The van der Waals surface area contributed by atoms with Crippen molar-refractivity contribution in [3.8, 4) is 0 Å². The molecule has 1 unspecified atom stereocenters. The van der Waals surface area contributed by atoms with Gasteiger partial charge >= 0.3 is 0 Å². The normalized spacial score (nSPS) is 17.1. The fraction of sp³-hybridized carbons (Fsp3) is 0.188. The van der Waals surface area contributed by atoms with Crippen molar-refractivity contribution in [2.24, 2.45) is 0 Å². The molecule has 106 valence electrons. The maximum absolute atomic E-state index is 6.37. The number of rotatable bonds is 2. The monoisotopic (exact) mass is 334 g/mol. The summed E-state index contributed by atoms with van der Waals surface area (Å²) >= 11 is 14.1. The number of aromatic nitrogens is 1. The first-order valence-electron chi connectivity index (χ1n) is 6.79. The van der Waals surface area contributed by atoms with Crippen LogP contribution in [0.3, 0.4) is 0 Å². The summed E-state index contributed by atoms with van der Waals surface area (Å²) in [4.78, 5) is 4.44. The van der Waals surface area contributed by atoms with Crippen LogP contribution in [0, 0.1) is 0 Å². The first-order chi connectivity index (χ1) is 10.2. The molecule has 1 N–H and O–H groups in total. The van der Waals surface area contributed by atoms with E-state index in [1.54, 1.807) is 11.3 Å². The van der Waals surface area contributed by atoms with Gasteiger partial charge in [0.05, 0.1) is 27.0 Å². The highest BCUT2D eigenvalue weighted by atomic mass is 35.5. The molecule has 2 nitrogen and oxygen atoms in total. The molecule has 1 atom stereocenters. The van der Waals surface area contributed by atoms with Crippen molar-refractivity contribution in [1.82, 2.24) is 4.98 Å². The van der Waals surface area contributed by atoms with E-state index in [0.29, 0.717) is 0 Å². The van der Waals surface area contributed by atoms with Gasteiger partial charge in [-0.25, -0.2) is 4.98 Å². The second kappa shape index (κ2) is 5.16. The van der Waals surface area contributed by atoms with Crippen LogP contribution in [0.1, 0.15) is 23.6 Å². The van der Waals surface area contributed by atoms with Gasteiger partial charge < -0.3 is 5.32 Å². The lowest BCUT2D eigenvalue weighted by Crippen LogP contribution is -2.08. The molecule has 0 radical (unpaired) electrons. The fourth-order valence-electron chi connectivity index (χ4n) is 2.95. The van der Waals surface area contributed by atoms with E-state index < -0.39 is 0 Å². The summed E-state index contributed by atoms with van der Waals surface area (Å²) in [5, 5.41) is 5.10. The molecule has 0 fully saturated rings. The first-order valence-corrected chi connectivity index (χ1v) is 8.42. The summed E-state index contributed by atoms with van der Waals surface area (Å²) in [6.07, 6.45) is 2.09. The Morgan fingerprint density at radius 2 is 2.10 bits per heavy atom. The molecule has 0 saturated carbocycles. The van der Waals surface area contributed by atoms with E-state index in [0.717, 1.165) is 38.8 Å². The van der Waals surface area contributed by atoms with Crippen molar-refractivity contribution in [1.29, 1.82) is 0 Å². The lowest BCUT2D eigenvalue weighted by molar-refractivity contribution is 0.763. The number of thiazole rings is 1. The summed E-state index contributed by atoms with van der Waals surface area (Å²) in [6, 6.07) is 10.3. The van der Waals surface area contributed by atoms with Gasteiger partial charge in [0.25, 0.3) is 0 Å². The molecule has 5 heteroatoms. The van der Waals surface area contributed by atoms with Crippen LogP contribution in [0.4, 0.5) is 5.69 Å². The van der Waals surface area contributed by atoms with Crippen LogP contribution >= 0.6 is 34.5 Å². The molecule has 3 aromatic rings. The predicted molar refractivity (Wildman–Crippen MR) is 90.8 cm³/mol. The van der Waals surface area contributed by atoms with E-state index >= 15 is 0 Å². The summed E-state index contributed by atoms with van der Waals surface area (Å²) in [6.45, 7) is 0. The molecule has 21 heavy (non-hydrogen) atoms. The SMILES string of the molecule is Clc1ccc2c(c1)CCC2Nc1c(Cl)ccc2scnc12. The van der Waals surface area contributed by atoms with Gasteiger partial charge in [0.1, 0.15) is 5.52 Å². The maximum Gasteiger partial charge on any atom is 0.106 e.